The van der Waals surface area contributed by atoms with Gasteiger partial charge >= 0.3 is 0 Å². The number of halogens is 1. The van der Waals surface area contributed by atoms with Crippen molar-refractivity contribution in [3.8, 4) is 5.69 Å². The molecule has 32 heavy (non-hydrogen) atoms. The summed E-state index contributed by atoms with van der Waals surface area (Å²) in [7, 11) is 3.52. The Hall–Kier alpha value is -3.78. The van der Waals surface area contributed by atoms with E-state index in [9.17, 15) is 14.9 Å². The quantitative estimate of drug-likeness (QED) is 0.280. The molecule has 0 spiro atoms. The van der Waals surface area contributed by atoms with Crippen molar-refractivity contribution in [3.05, 3.63) is 103 Å². The molecular formula is C24H19BrN4O3. The van der Waals surface area contributed by atoms with Crippen molar-refractivity contribution in [2.45, 2.75) is 0 Å². The van der Waals surface area contributed by atoms with Crippen molar-refractivity contribution >= 4 is 50.4 Å². The molecule has 0 saturated heterocycles. The summed E-state index contributed by atoms with van der Waals surface area (Å²) >= 11 is 3.41. The molecule has 0 N–H and O–H groups in total. The van der Waals surface area contributed by atoms with Crippen LogP contribution in [0.5, 0.6) is 0 Å². The van der Waals surface area contributed by atoms with Crippen molar-refractivity contribution in [2.75, 3.05) is 19.0 Å². The molecule has 1 heterocycles. The second kappa shape index (κ2) is 8.76. The highest BCUT2D eigenvalue weighted by Crippen LogP contribution is 2.28. The summed E-state index contributed by atoms with van der Waals surface area (Å²) in [6, 6.07) is 19.5. The summed E-state index contributed by atoms with van der Waals surface area (Å²) < 4.78 is 2.43. The van der Waals surface area contributed by atoms with E-state index in [2.05, 4.69) is 20.9 Å². The molecule has 0 bridgehead atoms. The van der Waals surface area contributed by atoms with E-state index in [-0.39, 0.29) is 11.2 Å². The predicted octanol–water partition coefficient (Wildman–Crippen LogP) is 5.29. The highest BCUT2D eigenvalue weighted by molar-refractivity contribution is 9.10. The Balaban J connectivity index is 1.87. The molecule has 4 rings (SSSR count). The fourth-order valence-electron chi connectivity index (χ4n) is 3.44. The SMILES string of the molecule is CN(C)c1ccc(/C=C/c2nc3ccccc3c(=O)n2-c2ccc(Br)cc2)cc1[N+](=O)[O-]. The van der Waals surface area contributed by atoms with E-state index in [0.717, 1.165) is 4.47 Å². The molecule has 160 valence electrons. The van der Waals surface area contributed by atoms with Crippen molar-refractivity contribution in [2.24, 2.45) is 0 Å². The average molecular weight is 491 g/mol. The smallest absolute Gasteiger partial charge is 0.293 e. The molecule has 8 heteroatoms. The van der Waals surface area contributed by atoms with Crippen molar-refractivity contribution in [1.29, 1.82) is 0 Å². The lowest BCUT2D eigenvalue weighted by Gasteiger charge is -2.13. The monoisotopic (exact) mass is 490 g/mol. The number of hydrogen-bond acceptors (Lipinski definition) is 5. The van der Waals surface area contributed by atoms with Crippen LogP contribution in [0.3, 0.4) is 0 Å². The molecule has 0 fully saturated rings. The van der Waals surface area contributed by atoms with Gasteiger partial charge in [0.15, 0.2) is 0 Å². The molecule has 0 unspecified atom stereocenters. The zero-order chi connectivity index (χ0) is 22.8. The summed E-state index contributed by atoms with van der Waals surface area (Å²) in [6.07, 6.45) is 3.42. The summed E-state index contributed by atoms with van der Waals surface area (Å²) in [4.78, 5) is 30.8. The van der Waals surface area contributed by atoms with Gasteiger partial charge in [-0.3, -0.25) is 19.5 Å². The van der Waals surface area contributed by atoms with Gasteiger partial charge in [-0.1, -0.05) is 40.2 Å². The number of para-hydroxylation sites is 1. The number of aromatic nitrogens is 2. The van der Waals surface area contributed by atoms with Gasteiger partial charge < -0.3 is 4.90 Å². The molecule has 0 atom stereocenters. The van der Waals surface area contributed by atoms with Crippen LogP contribution in [-0.2, 0) is 0 Å². The van der Waals surface area contributed by atoms with Gasteiger partial charge in [0.1, 0.15) is 11.5 Å². The van der Waals surface area contributed by atoms with Gasteiger partial charge in [-0.25, -0.2) is 4.98 Å². The van der Waals surface area contributed by atoms with Gasteiger partial charge in [0.2, 0.25) is 0 Å². The molecular weight excluding hydrogens is 472 g/mol. The second-order valence-corrected chi connectivity index (χ2v) is 8.25. The minimum absolute atomic E-state index is 0.00826. The van der Waals surface area contributed by atoms with E-state index in [4.69, 9.17) is 0 Å². The maximum atomic E-state index is 13.3. The van der Waals surface area contributed by atoms with Crippen LogP contribution in [0.4, 0.5) is 11.4 Å². The first-order valence-corrected chi connectivity index (χ1v) is 10.6. The molecule has 0 aliphatic rings. The average Bonchev–Trinajstić information content (AvgIpc) is 2.78. The fraction of sp³-hybridized carbons (Fsp3) is 0.0833. The fourth-order valence-corrected chi connectivity index (χ4v) is 3.71. The van der Waals surface area contributed by atoms with Crippen LogP contribution in [0.15, 0.2) is 76.0 Å². The molecule has 1 aromatic heterocycles. The molecule has 0 saturated carbocycles. The second-order valence-electron chi connectivity index (χ2n) is 7.34. The number of nitrogens with zero attached hydrogens (tertiary/aromatic N) is 4. The standard InChI is InChI=1S/C24H19BrN4O3/c1-27(2)21-13-7-16(15-22(21)29(31)32)8-14-23-26-20-6-4-3-5-19(20)24(30)28(23)18-11-9-17(25)10-12-18/h3-15H,1-2H3/b14-8+. The van der Waals surface area contributed by atoms with Crippen LogP contribution in [0, 0.1) is 10.1 Å². The Kier molecular flexibility index (Phi) is 5.87. The third-order valence-corrected chi connectivity index (χ3v) is 5.52. The number of nitro groups is 1. The Morgan fingerprint density at radius 1 is 1.03 bits per heavy atom. The predicted molar refractivity (Wildman–Crippen MR) is 131 cm³/mol. The first-order chi connectivity index (χ1) is 15.3. The summed E-state index contributed by atoms with van der Waals surface area (Å²) in [6.45, 7) is 0. The molecule has 0 amide bonds. The van der Waals surface area contributed by atoms with Crippen LogP contribution in [-0.4, -0.2) is 28.6 Å². The highest BCUT2D eigenvalue weighted by Gasteiger charge is 2.16. The number of fused-ring (bicyclic) bond motifs is 1. The van der Waals surface area contributed by atoms with E-state index < -0.39 is 4.92 Å². The summed E-state index contributed by atoms with van der Waals surface area (Å²) in [5.41, 5.74) is 2.22. The van der Waals surface area contributed by atoms with Gasteiger partial charge in [0.05, 0.1) is 21.5 Å². The van der Waals surface area contributed by atoms with E-state index in [0.29, 0.717) is 33.7 Å². The lowest BCUT2D eigenvalue weighted by molar-refractivity contribution is -0.384. The van der Waals surface area contributed by atoms with Gasteiger partial charge in [0, 0.05) is 24.6 Å². The molecule has 0 radical (unpaired) electrons. The topological polar surface area (TPSA) is 81.3 Å². The Morgan fingerprint density at radius 3 is 2.44 bits per heavy atom. The van der Waals surface area contributed by atoms with Gasteiger partial charge in [-0.05, 0) is 54.1 Å². The number of benzene rings is 3. The third-order valence-electron chi connectivity index (χ3n) is 4.99. The largest absolute Gasteiger partial charge is 0.372 e. The maximum Gasteiger partial charge on any atom is 0.293 e. The van der Waals surface area contributed by atoms with Crippen molar-refractivity contribution < 1.29 is 4.92 Å². The van der Waals surface area contributed by atoms with Crippen LogP contribution < -0.4 is 10.5 Å². The molecule has 0 aliphatic heterocycles. The van der Waals surface area contributed by atoms with Gasteiger partial charge in [-0.2, -0.15) is 0 Å². The van der Waals surface area contributed by atoms with Crippen molar-refractivity contribution in [1.82, 2.24) is 9.55 Å². The van der Waals surface area contributed by atoms with Crippen LogP contribution in [0.2, 0.25) is 0 Å². The Morgan fingerprint density at radius 2 is 1.75 bits per heavy atom. The lowest BCUT2D eigenvalue weighted by Crippen LogP contribution is -2.22. The number of rotatable bonds is 5. The van der Waals surface area contributed by atoms with Crippen LogP contribution >= 0.6 is 15.9 Å². The van der Waals surface area contributed by atoms with Crippen molar-refractivity contribution in [3.63, 3.8) is 0 Å². The summed E-state index contributed by atoms with van der Waals surface area (Å²) in [5.74, 6) is 0.426. The zero-order valence-corrected chi connectivity index (χ0v) is 19.0. The van der Waals surface area contributed by atoms with E-state index in [1.807, 2.05) is 30.3 Å². The van der Waals surface area contributed by atoms with Gasteiger partial charge in [-0.15, -0.1) is 0 Å². The van der Waals surface area contributed by atoms with Crippen LogP contribution in [0.1, 0.15) is 11.4 Å². The first-order valence-electron chi connectivity index (χ1n) is 9.77. The van der Waals surface area contributed by atoms with E-state index in [1.165, 1.54) is 10.6 Å². The molecule has 0 aliphatic carbocycles. The number of nitro benzene ring substituents is 1. The third kappa shape index (κ3) is 4.17. The first kappa shape index (κ1) is 21.5. The maximum absolute atomic E-state index is 13.3. The molecule has 3 aromatic carbocycles. The normalized spacial score (nSPS) is 11.2. The Bertz CT molecular complexity index is 1410. The molecule has 7 nitrogen and oxygen atoms in total. The minimum Gasteiger partial charge on any atom is -0.372 e. The lowest BCUT2D eigenvalue weighted by atomic mass is 10.1. The van der Waals surface area contributed by atoms with E-state index in [1.54, 1.807) is 61.5 Å². The Labute approximate surface area is 192 Å². The summed E-state index contributed by atoms with van der Waals surface area (Å²) in [5, 5.41) is 12.0. The van der Waals surface area contributed by atoms with Crippen LogP contribution in [0.25, 0.3) is 28.7 Å². The van der Waals surface area contributed by atoms with E-state index >= 15 is 0 Å². The minimum atomic E-state index is -0.404. The number of anilines is 1. The zero-order valence-electron chi connectivity index (χ0n) is 17.4. The highest BCUT2D eigenvalue weighted by atomic mass is 79.9. The van der Waals surface area contributed by atoms with Gasteiger partial charge in [0.25, 0.3) is 11.2 Å². The number of hydrogen-bond donors (Lipinski definition) is 0. The molecule has 4 aromatic rings.